The van der Waals surface area contributed by atoms with Crippen molar-refractivity contribution in [2.45, 2.75) is 132 Å². The van der Waals surface area contributed by atoms with Crippen molar-refractivity contribution in [1.82, 2.24) is 0 Å². The first kappa shape index (κ1) is 47.0. The quantitative estimate of drug-likeness (QED) is 0.135. The van der Waals surface area contributed by atoms with Crippen molar-refractivity contribution in [3.05, 3.63) is 89.5 Å². The van der Waals surface area contributed by atoms with E-state index in [2.05, 4.69) is 26.0 Å². The molecule has 8 heteroatoms. The molecule has 4 fully saturated rings. The number of carboxylic acids is 2. The van der Waals surface area contributed by atoms with E-state index in [4.69, 9.17) is 14.6 Å². The number of hydrogen-bond acceptors (Lipinski definition) is 6. The van der Waals surface area contributed by atoms with Crippen molar-refractivity contribution in [2.24, 2.45) is 23.2 Å². The van der Waals surface area contributed by atoms with Crippen LogP contribution in [-0.4, -0.2) is 45.3 Å². The molecule has 0 heterocycles. The van der Waals surface area contributed by atoms with E-state index in [9.17, 15) is 24.9 Å². The Bertz CT molecular complexity index is 1430. The monoisotopic (exact) mass is 736 g/mol. The molecule has 4 N–H and O–H groups in total. The smallest absolute Gasteiger partial charge is 0.304 e. The normalized spacial score (nSPS) is 21.7. The summed E-state index contributed by atoms with van der Waals surface area (Å²) in [5, 5.41) is 36.9. The minimum absolute atomic E-state index is 0. The highest BCUT2D eigenvalue weighted by molar-refractivity contribution is 5.70. The van der Waals surface area contributed by atoms with Crippen molar-refractivity contribution in [3.63, 3.8) is 0 Å². The summed E-state index contributed by atoms with van der Waals surface area (Å²) in [7, 11) is 0. The fourth-order valence-electron chi connectivity index (χ4n) is 8.73. The van der Waals surface area contributed by atoms with Gasteiger partial charge in [-0.1, -0.05) is 79.4 Å². The van der Waals surface area contributed by atoms with Crippen LogP contribution in [0.3, 0.4) is 0 Å². The topological polar surface area (TPSA) is 134 Å². The van der Waals surface area contributed by atoms with Crippen LogP contribution in [0.5, 0.6) is 17.2 Å². The van der Waals surface area contributed by atoms with Gasteiger partial charge in [0.2, 0.25) is 0 Å². The van der Waals surface area contributed by atoms with Gasteiger partial charge < -0.3 is 29.9 Å². The number of ether oxygens (including phenoxy) is 2. The summed E-state index contributed by atoms with van der Waals surface area (Å²) in [6, 6.07) is 21.3. The van der Waals surface area contributed by atoms with Gasteiger partial charge in [-0.25, -0.2) is 0 Å². The van der Waals surface area contributed by atoms with Gasteiger partial charge in [-0.3, -0.25) is 9.59 Å². The van der Waals surface area contributed by atoms with Crippen molar-refractivity contribution in [2.75, 3.05) is 6.61 Å². The van der Waals surface area contributed by atoms with Crippen LogP contribution in [0, 0.1) is 23.2 Å². The van der Waals surface area contributed by atoms with E-state index in [1.807, 2.05) is 32.9 Å². The highest BCUT2D eigenvalue weighted by Gasteiger charge is 2.51. The second-order valence-corrected chi connectivity index (χ2v) is 15.0. The molecule has 7 rings (SSSR count). The summed E-state index contributed by atoms with van der Waals surface area (Å²) < 4.78 is 10.9. The Labute approximate surface area is 319 Å². The van der Waals surface area contributed by atoms with Crippen LogP contribution in [-0.2, 0) is 19.7 Å². The van der Waals surface area contributed by atoms with Crippen LogP contribution in [0.4, 0.5) is 0 Å². The minimum atomic E-state index is -0.909. The largest absolute Gasteiger partial charge is 0.508 e. The lowest BCUT2D eigenvalue weighted by atomic mass is 9.49. The fourth-order valence-corrected chi connectivity index (χ4v) is 8.73. The first-order valence-corrected chi connectivity index (χ1v) is 18.1. The van der Waals surface area contributed by atoms with E-state index >= 15 is 0 Å². The molecule has 53 heavy (non-hydrogen) atoms. The van der Waals surface area contributed by atoms with Crippen LogP contribution in [0.1, 0.15) is 137 Å². The zero-order valence-electron chi connectivity index (χ0n) is 30.3. The molecule has 0 radical (unpaired) electrons. The average Bonchev–Trinajstić information content (AvgIpc) is 3.04. The Kier molecular flexibility index (Phi) is 18.6. The predicted molar refractivity (Wildman–Crippen MR) is 215 cm³/mol. The maximum absolute atomic E-state index is 11.2. The number of hydrogen-bond donors (Lipinski definition) is 4. The first-order valence-electron chi connectivity index (χ1n) is 18.1. The molecule has 296 valence electrons. The average molecular weight is 737 g/mol. The molecule has 4 bridgehead atoms. The van der Waals surface area contributed by atoms with Crippen LogP contribution in [0.2, 0.25) is 0 Å². The zero-order valence-corrected chi connectivity index (χ0v) is 30.3. The van der Waals surface area contributed by atoms with E-state index in [-0.39, 0.29) is 51.9 Å². The van der Waals surface area contributed by atoms with Crippen LogP contribution < -0.4 is 4.74 Å². The van der Waals surface area contributed by atoms with Gasteiger partial charge in [0.15, 0.2) is 6.29 Å². The number of phenols is 2. The van der Waals surface area contributed by atoms with Gasteiger partial charge in [0.1, 0.15) is 17.2 Å². The third-order valence-electron chi connectivity index (χ3n) is 11.0. The van der Waals surface area contributed by atoms with Gasteiger partial charge >= 0.3 is 11.9 Å². The summed E-state index contributed by atoms with van der Waals surface area (Å²) in [5.74, 6) is 2.89. The number of aromatic hydroxyl groups is 2. The molecule has 2 atom stereocenters. The summed E-state index contributed by atoms with van der Waals surface area (Å²) >= 11 is 0. The highest BCUT2D eigenvalue weighted by Crippen LogP contribution is 2.61. The molecule has 4 saturated carbocycles. The molecule has 0 amide bonds. The molecule has 3 aromatic carbocycles. The number of aliphatic carboxylic acids is 2. The van der Waals surface area contributed by atoms with Gasteiger partial charge in [0.25, 0.3) is 0 Å². The molecule has 0 aromatic heterocycles. The van der Waals surface area contributed by atoms with E-state index in [1.165, 1.54) is 68.4 Å². The van der Waals surface area contributed by atoms with Gasteiger partial charge in [-0.05, 0) is 141 Å². The Morgan fingerprint density at radius 3 is 1.53 bits per heavy atom. The van der Waals surface area contributed by atoms with E-state index in [0.717, 1.165) is 41.1 Å². The third-order valence-corrected chi connectivity index (χ3v) is 11.0. The molecule has 4 aliphatic rings. The van der Waals surface area contributed by atoms with Crippen LogP contribution in [0.25, 0.3) is 0 Å². The fraction of sp³-hybridized carbons (Fsp3) is 0.556. The standard InChI is InChI=1S/C16H16O4.C14H22O2.C12H18O2.3CH4/c1-16(10-15(19)20,11-2-6-13(17)7-3-11)12-4-8-14(18)9-5-12;1-5-11(3)13-7-9-14(10-8-13)16-12(4)15-6-2;13-11(14)7-12-4-8-1-9(5-12)3-10(2-8)6-12;;;/h2-9,17-18H,10H2,1H3,(H,19,20);7-12H,5-6H2,1-4H3;8-10H,1-7H2,(H,13,14);3*1H4. The molecule has 0 aliphatic heterocycles. The van der Waals surface area contributed by atoms with Crippen molar-refractivity contribution < 1.29 is 39.5 Å². The third kappa shape index (κ3) is 13.1. The SMILES string of the molecule is C.C.C.CC(CC(=O)O)(c1ccc(O)cc1)c1ccc(O)cc1.CCOC(C)Oc1ccc(C(C)CC)cc1.O=C(O)CC12CC3CC(CC(C3)C1)C2. The molecule has 4 aliphatic carbocycles. The first-order chi connectivity index (χ1) is 23.7. The summed E-state index contributed by atoms with van der Waals surface area (Å²) in [6.45, 7) is 10.8. The van der Waals surface area contributed by atoms with Crippen molar-refractivity contribution in [1.29, 1.82) is 0 Å². The maximum Gasteiger partial charge on any atom is 0.304 e. The number of carboxylic acid groups (broad SMARTS) is 2. The lowest BCUT2D eigenvalue weighted by molar-refractivity contribution is -0.145. The Morgan fingerprint density at radius 2 is 1.17 bits per heavy atom. The predicted octanol–water partition coefficient (Wildman–Crippen LogP) is 11.4. The molecular weight excluding hydrogens is 668 g/mol. The number of rotatable bonds is 12. The Morgan fingerprint density at radius 1 is 0.736 bits per heavy atom. The Hall–Kier alpha value is -4.04. The van der Waals surface area contributed by atoms with E-state index in [1.54, 1.807) is 24.3 Å². The second kappa shape index (κ2) is 21.0. The number of phenolic OH excluding ortho intramolecular Hbond substituents is 2. The number of benzene rings is 3. The van der Waals surface area contributed by atoms with E-state index < -0.39 is 17.4 Å². The highest BCUT2D eigenvalue weighted by atomic mass is 16.7. The summed E-state index contributed by atoms with van der Waals surface area (Å²) in [4.78, 5) is 22.1. The van der Waals surface area contributed by atoms with Gasteiger partial charge in [-0.2, -0.15) is 0 Å². The zero-order chi connectivity index (χ0) is 36.5. The molecule has 0 saturated heterocycles. The summed E-state index contributed by atoms with van der Waals surface area (Å²) in [6.07, 6.45) is 9.19. The van der Waals surface area contributed by atoms with Gasteiger partial charge in [-0.15, -0.1) is 0 Å². The van der Waals surface area contributed by atoms with Crippen LogP contribution in [0.15, 0.2) is 72.8 Å². The molecule has 0 spiro atoms. The van der Waals surface area contributed by atoms with Gasteiger partial charge in [0.05, 0.1) is 12.8 Å². The number of carbonyl (C=O) groups is 2. The van der Waals surface area contributed by atoms with Crippen LogP contribution >= 0.6 is 0 Å². The molecule has 2 unspecified atom stereocenters. The lowest BCUT2D eigenvalue weighted by Gasteiger charge is -2.56. The molecular formula is C45H68O8. The maximum atomic E-state index is 11.2. The Balaban J connectivity index is 0.000000392. The second-order valence-electron chi connectivity index (χ2n) is 15.0. The summed E-state index contributed by atoms with van der Waals surface area (Å²) in [5.41, 5.74) is 2.44. The molecule has 8 nitrogen and oxygen atoms in total. The lowest BCUT2D eigenvalue weighted by Crippen LogP contribution is -2.46. The van der Waals surface area contributed by atoms with Gasteiger partial charge in [0, 0.05) is 12.0 Å². The van der Waals surface area contributed by atoms with E-state index in [0.29, 0.717) is 18.9 Å². The van der Waals surface area contributed by atoms with Crippen molar-refractivity contribution in [3.8, 4) is 17.2 Å². The van der Waals surface area contributed by atoms with Crippen molar-refractivity contribution >= 4 is 11.9 Å². The molecule has 3 aromatic rings. The minimum Gasteiger partial charge on any atom is -0.508 e.